The number of aliphatic hydroxyl groups is 2. The van der Waals surface area contributed by atoms with Gasteiger partial charge < -0.3 is 25.3 Å². The van der Waals surface area contributed by atoms with E-state index in [0.29, 0.717) is 18.7 Å². The minimum atomic E-state index is -0.810. The molecule has 1 amide bonds. The molecule has 1 aliphatic heterocycles. The van der Waals surface area contributed by atoms with Crippen molar-refractivity contribution in [1.29, 1.82) is 0 Å². The van der Waals surface area contributed by atoms with Crippen LogP contribution in [-0.4, -0.2) is 49.4 Å². The summed E-state index contributed by atoms with van der Waals surface area (Å²) in [6.45, 7) is 0.0441. The van der Waals surface area contributed by atoms with Crippen LogP contribution in [0.4, 0.5) is 5.69 Å². The Morgan fingerprint density at radius 3 is 2.67 bits per heavy atom. The first kappa shape index (κ1) is 19.0. The fourth-order valence-corrected chi connectivity index (χ4v) is 3.19. The third kappa shape index (κ3) is 3.97. The van der Waals surface area contributed by atoms with E-state index in [0.717, 1.165) is 5.56 Å². The predicted octanol–water partition coefficient (Wildman–Crippen LogP) is 0.316. The van der Waals surface area contributed by atoms with E-state index in [2.05, 4.69) is 4.98 Å². The van der Waals surface area contributed by atoms with Crippen molar-refractivity contribution in [2.24, 2.45) is 5.73 Å². The number of carbonyl (C=O) groups excluding carboxylic acids is 1. The highest BCUT2D eigenvalue weighted by atomic mass is 16.6. The summed E-state index contributed by atoms with van der Waals surface area (Å²) in [5, 5.41) is 29.9. The van der Waals surface area contributed by atoms with Crippen molar-refractivity contribution in [2.75, 3.05) is 6.61 Å². The zero-order valence-corrected chi connectivity index (χ0v) is 14.4. The molecule has 144 valence electrons. The molecule has 0 saturated carbocycles. The zero-order valence-electron chi connectivity index (χ0n) is 14.4. The fourth-order valence-electron chi connectivity index (χ4n) is 3.19. The Balaban J connectivity index is 1.80. The monoisotopic (exact) mass is 376 g/mol. The Morgan fingerprint density at radius 2 is 2.11 bits per heavy atom. The molecule has 0 unspecified atom stereocenters. The average Bonchev–Trinajstić information content (AvgIpc) is 3.23. The number of nitrogens with two attached hydrogens (primary N) is 1. The Bertz CT molecular complexity index is 834. The van der Waals surface area contributed by atoms with E-state index in [-0.39, 0.29) is 24.5 Å². The average molecular weight is 376 g/mol. The molecule has 0 spiro atoms. The molecule has 0 bridgehead atoms. The number of hydrogen-bond donors (Lipinski definition) is 3. The molecule has 1 saturated heterocycles. The van der Waals surface area contributed by atoms with Crippen LogP contribution in [0.5, 0.6) is 0 Å². The molecule has 1 aromatic carbocycles. The highest BCUT2D eigenvalue weighted by molar-refractivity contribution is 5.89. The fraction of sp³-hybridized carbons (Fsp3) is 0.412. The Hall–Kier alpha value is -2.82. The standard InChI is InChI=1S/C17H20N4O6/c18-16(24)17-19-8-12(14-7-13(23)15(9-22)27-14)20(17)6-5-10-1-3-11(4-2-10)21(25)26/h1-4,8,13-15,22-23H,5-7,9H2,(H2,18,24)/t13-,14+,15+/m0/s1. The Morgan fingerprint density at radius 1 is 1.41 bits per heavy atom. The van der Waals surface area contributed by atoms with Crippen molar-refractivity contribution >= 4 is 11.6 Å². The lowest BCUT2D eigenvalue weighted by Crippen LogP contribution is -2.24. The van der Waals surface area contributed by atoms with Crippen LogP contribution in [0.1, 0.15) is 34.4 Å². The van der Waals surface area contributed by atoms with E-state index >= 15 is 0 Å². The second-order valence-corrected chi connectivity index (χ2v) is 6.34. The third-order valence-electron chi connectivity index (χ3n) is 4.61. The highest BCUT2D eigenvalue weighted by Crippen LogP contribution is 2.33. The van der Waals surface area contributed by atoms with Crippen LogP contribution >= 0.6 is 0 Å². The van der Waals surface area contributed by atoms with Gasteiger partial charge in [-0.3, -0.25) is 14.9 Å². The van der Waals surface area contributed by atoms with Gasteiger partial charge in [-0.15, -0.1) is 0 Å². The molecule has 2 aromatic rings. The zero-order chi connectivity index (χ0) is 19.6. The maximum Gasteiger partial charge on any atom is 0.284 e. The van der Waals surface area contributed by atoms with Crippen molar-refractivity contribution in [1.82, 2.24) is 9.55 Å². The van der Waals surface area contributed by atoms with Gasteiger partial charge in [-0.2, -0.15) is 0 Å². The smallest absolute Gasteiger partial charge is 0.284 e. The highest BCUT2D eigenvalue weighted by Gasteiger charge is 2.36. The normalized spacial score (nSPS) is 22.1. The third-order valence-corrected chi connectivity index (χ3v) is 4.61. The van der Waals surface area contributed by atoms with Crippen LogP contribution in [0.25, 0.3) is 0 Å². The van der Waals surface area contributed by atoms with Crippen molar-refractivity contribution in [3.63, 3.8) is 0 Å². The quantitative estimate of drug-likeness (QED) is 0.464. The van der Waals surface area contributed by atoms with Gasteiger partial charge in [0, 0.05) is 25.1 Å². The summed E-state index contributed by atoms with van der Waals surface area (Å²) >= 11 is 0. The van der Waals surface area contributed by atoms with E-state index < -0.39 is 29.1 Å². The van der Waals surface area contributed by atoms with Gasteiger partial charge in [-0.25, -0.2) is 4.98 Å². The molecule has 3 atom stereocenters. The molecule has 4 N–H and O–H groups in total. The molecule has 0 aliphatic carbocycles. The number of imidazole rings is 1. The van der Waals surface area contributed by atoms with Crippen molar-refractivity contribution in [3.8, 4) is 0 Å². The number of rotatable bonds is 7. The van der Waals surface area contributed by atoms with Gasteiger partial charge in [-0.1, -0.05) is 12.1 Å². The Kier molecular flexibility index (Phi) is 5.49. The second-order valence-electron chi connectivity index (χ2n) is 6.34. The molecule has 10 heteroatoms. The number of amides is 1. The van der Waals surface area contributed by atoms with Crippen molar-refractivity contribution < 1.29 is 24.7 Å². The van der Waals surface area contributed by atoms with Gasteiger partial charge in [0.2, 0.25) is 0 Å². The van der Waals surface area contributed by atoms with Gasteiger partial charge >= 0.3 is 0 Å². The number of benzene rings is 1. The van der Waals surface area contributed by atoms with Crippen LogP contribution in [0.2, 0.25) is 0 Å². The number of primary amides is 1. The molecule has 1 fully saturated rings. The van der Waals surface area contributed by atoms with Gasteiger partial charge in [0.25, 0.3) is 11.6 Å². The molecule has 10 nitrogen and oxygen atoms in total. The maximum absolute atomic E-state index is 11.7. The van der Waals surface area contributed by atoms with Crippen LogP contribution in [0, 0.1) is 10.1 Å². The molecule has 1 aromatic heterocycles. The van der Waals surface area contributed by atoms with E-state index in [1.54, 1.807) is 16.7 Å². The first-order chi connectivity index (χ1) is 12.9. The molecule has 2 heterocycles. The number of ether oxygens (including phenoxy) is 1. The van der Waals surface area contributed by atoms with Crippen molar-refractivity contribution in [2.45, 2.75) is 37.7 Å². The number of nitrogens with zero attached hydrogens (tertiary/aromatic N) is 3. The molecule has 27 heavy (non-hydrogen) atoms. The van der Waals surface area contributed by atoms with Crippen LogP contribution in [-0.2, 0) is 17.7 Å². The molecule has 3 rings (SSSR count). The van der Waals surface area contributed by atoms with Gasteiger partial charge in [-0.05, 0) is 12.0 Å². The summed E-state index contributed by atoms with van der Waals surface area (Å²) < 4.78 is 7.27. The SMILES string of the molecule is NC(=O)c1ncc([C@H]2C[C@H](O)[C@@H](CO)O2)n1CCc1ccc([N+](=O)[O-])cc1. The lowest BCUT2D eigenvalue weighted by atomic mass is 10.1. The van der Waals surface area contributed by atoms with E-state index in [9.17, 15) is 25.1 Å². The first-order valence-corrected chi connectivity index (χ1v) is 8.43. The summed E-state index contributed by atoms with van der Waals surface area (Å²) in [5.74, 6) is -0.625. The summed E-state index contributed by atoms with van der Waals surface area (Å²) in [5.41, 5.74) is 6.83. The number of aromatic nitrogens is 2. The summed E-state index contributed by atoms with van der Waals surface area (Å²) in [7, 11) is 0. The predicted molar refractivity (Wildman–Crippen MR) is 92.9 cm³/mol. The number of nitro groups is 1. The Labute approximate surface area is 154 Å². The van der Waals surface area contributed by atoms with Gasteiger partial charge in [0.05, 0.1) is 29.5 Å². The van der Waals surface area contributed by atoms with Gasteiger partial charge in [0.15, 0.2) is 5.82 Å². The van der Waals surface area contributed by atoms with E-state index in [1.807, 2.05) is 0 Å². The minimum Gasteiger partial charge on any atom is -0.394 e. The van der Waals surface area contributed by atoms with Crippen molar-refractivity contribution in [3.05, 3.63) is 57.7 Å². The summed E-state index contributed by atoms with van der Waals surface area (Å²) in [4.78, 5) is 26.0. The number of carbonyl (C=O) groups is 1. The number of non-ortho nitro benzene ring substituents is 1. The molecular formula is C17H20N4O6. The summed E-state index contributed by atoms with van der Waals surface area (Å²) in [6, 6.07) is 6.13. The summed E-state index contributed by atoms with van der Waals surface area (Å²) in [6.07, 6.45) is 0.217. The topological polar surface area (TPSA) is 154 Å². The van der Waals surface area contributed by atoms with Crippen LogP contribution in [0.15, 0.2) is 30.5 Å². The van der Waals surface area contributed by atoms with E-state index in [1.165, 1.54) is 18.3 Å². The number of aryl methyl sites for hydroxylation is 1. The van der Waals surface area contributed by atoms with Crippen LogP contribution < -0.4 is 5.73 Å². The second kappa shape index (κ2) is 7.82. The molecule has 1 aliphatic rings. The number of aliphatic hydroxyl groups excluding tert-OH is 2. The first-order valence-electron chi connectivity index (χ1n) is 8.43. The lowest BCUT2D eigenvalue weighted by molar-refractivity contribution is -0.384. The number of hydrogen-bond acceptors (Lipinski definition) is 7. The minimum absolute atomic E-state index is 0.00304. The van der Waals surface area contributed by atoms with Crippen LogP contribution in [0.3, 0.4) is 0 Å². The largest absolute Gasteiger partial charge is 0.394 e. The molecular weight excluding hydrogens is 356 g/mol. The maximum atomic E-state index is 11.7. The van der Waals surface area contributed by atoms with Gasteiger partial charge in [0.1, 0.15) is 12.2 Å². The molecule has 0 radical (unpaired) electrons. The lowest BCUT2D eigenvalue weighted by Gasteiger charge is -2.16. The number of nitro benzene ring substituents is 1. The van der Waals surface area contributed by atoms with E-state index in [4.69, 9.17) is 10.5 Å².